The number of fused-ring (bicyclic) bond motifs is 2. The maximum absolute atomic E-state index is 6.56. The highest BCUT2D eigenvalue weighted by Crippen LogP contribution is 2.51. The van der Waals surface area contributed by atoms with Crippen LogP contribution in [0, 0.1) is 18.3 Å². The normalized spacial score (nSPS) is 18.6. The predicted molar refractivity (Wildman–Crippen MR) is 324 cm³/mol. The summed E-state index contributed by atoms with van der Waals surface area (Å²) in [7, 11) is 1.97. The van der Waals surface area contributed by atoms with Crippen LogP contribution in [-0.2, 0) is 0 Å². The van der Waals surface area contributed by atoms with Crippen LogP contribution in [0.4, 0.5) is 22.7 Å². The van der Waals surface area contributed by atoms with Crippen molar-refractivity contribution in [2.75, 3.05) is 36.9 Å². The monoisotopic (exact) mass is 985 g/mol. The smallest absolute Gasteiger partial charge is 0.151 e. The van der Waals surface area contributed by atoms with Crippen molar-refractivity contribution in [3.8, 4) is 35.5 Å². The van der Waals surface area contributed by atoms with E-state index in [-0.39, 0.29) is 5.41 Å². The quantitative estimate of drug-likeness (QED) is 0.0541. The van der Waals surface area contributed by atoms with Gasteiger partial charge in [-0.05, 0) is 113 Å². The molecule has 75 heavy (non-hydrogen) atoms. The van der Waals surface area contributed by atoms with E-state index in [0.29, 0.717) is 19.6 Å². The van der Waals surface area contributed by atoms with Crippen LogP contribution in [0.2, 0.25) is 0 Å². The van der Waals surface area contributed by atoms with Crippen molar-refractivity contribution >= 4 is 34.0 Å². The Hall–Kier alpha value is -8.59. The van der Waals surface area contributed by atoms with Crippen molar-refractivity contribution in [1.29, 1.82) is 0 Å². The van der Waals surface area contributed by atoms with Crippen molar-refractivity contribution in [1.82, 2.24) is 4.90 Å². The zero-order chi connectivity index (χ0) is 53.2. The van der Waals surface area contributed by atoms with E-state index >= 15 is 0 Å². The van der Waals surface area contributed by atoms with Crippen LogP contribution in [-0.4, -0.2) is 37.3 Å². The Kier molecular flexibility index (Phi) is 19.1. The number of nitrogens with one attached hydrogen (secondary N) is 1. The maximum atomic E-state index is 6.56. The number of rotatable bonds is 13. The number of hydrogen-bond donors (Lipinski definition) is 1. The summed E-state index contributed by atoms with van der Waals surface area (Å²) in [6.07, 6.45) is 33.5. The fraction of sp³-hybridized carbons (Fsp3) is 0.186. The average Bonchev–Trinajstić information content (AvgIpc) is 3.60. The van der Waals surface area contributed by atoms with Crippen molar-refractivity contribution in [3.05, 3.63) is 270 Å². The molecule has 0 amide bonds. The van der Waals surface area contributed by atoms with Crippen LogP contribution < -0.4 is 15.0 Å². The highest BCUT2D eigenvalue weighted by atomic mass is 16.5. The van der Waals surface area contributed by atoms with Crippen LogP contribution in [0.5, 0.6) is 11.5 Å². The molecule has 0 saturated heterocycles. The van der Waals surface area contributed by atoms with Crippen LogP contribution in [0.3, 0.4) is 0 Å². The van der Waals surface area contributed by atoms with Crippen molar-refractivity contribution in [2.24, 2.45) is 10.4 Å². The van der Waals surface area contributed by atoms with Crippen LogP contribution >= 0.6 is 0 Å². The molecule has 6 aromatic carbocycles. The molecule has 5 heteroatoms. The third-order valence-electron chi connectivity index (χ3n) is 13.7. The lowest BCUT2D eigenvalue weighted by atomic mass is 9.75. The fourth-order valence-electron chi connectivity index (χ4n) is 10.0. The van der Waals surface area contributed by atoms with E-state index in [4.69, 9.17) is 16.3 Å². The number of ether oxygens (including phenoxy) is 1. The summed E-state index contributed by atoms with van der Waals surface area (Å²) >= 11 is 0. The molecule has 3 aliphatic rings. The Morgan fingerprint density at radius 1 is 0.773 bits per heavy atom. The van der Waals surface area contributed by atoms with E-state index in [0.717, 1.165) is 98.3 Å². The number of anilines is 4. The molecule has 1 unspecified atom stereocenters. The number of para-hydroxylation sites is 4. The van der Waals surface area contributed by atoms with E-state index in [1.54, 1.807) is 0 Å². The molecule has 0 saturated carbocycles. The van der Waals surface area contributed by atoms with Crippen molar-refractivity contribution in [2.45, 2.75) is 53.9 Å². The van der Waals surface area contributed by atoms with Crippen LogP contribution in [0.15, 0.2) is 259 Å². The second-order valence-electron chi connectivity index (χ2n) is 18.6. The minimum absolute atomic E-state index is 0.140. The molecular formula is C70H72N4O. The standard InChI is InChI=1S/C66H64N4O.C2H6.C2H2/c1-7-22-50(46-68-65(57-27-17-18-29-60(57)67-6)54-36-34-52(35-37-54)51-23-12-9-13-24-51)44-49(4)69-43-40-53(33-32-48(3)58(47-69)59-28-16-11-21-42-66(59,5)41-8-2)55-38-39-64-62(45-55)70(56-25-14-10-15-26-56)61-30-19-20-31-63(61)71-64;2*1-2/h7,9-10,12-40,42,44-45,67H,1,3,8,11,41,43,46-47H2,2,4-6H3;1-2H3;1-2H/b33-32-,49-44+,50-22+,53-40+,59-58+,68-65?;;. The predicted octanol–water partition coefficient (Wildman–Crippen LogP) is 18.2. The molecule has 2 heterocycles. The minimum Gasteiger partial charge on any atom is -0.453 e. The first-order valence-electron chi connectivity index (χ1n) is 26.2. The van der Waals surface area contributed by atoms with Crippen molar-refractivity contribution < 1.29 is 4.74 Å². The summed E-state index contributed by atoms with van der Waals surface area (Å²) in [6, 6.07) is 53.0. The third-order valence-corrected chi connectivity index (χ3v) is 13.7. The van der Waals surface area contributed by atoms with E-state index in [2.05, 4.69) is 250 Å². The molecule has 0 bridgehead atoms. The molecule has 5 nitrogen and oxygen atoms in total. The van der Waals surface area contributed by atoms with Gasteiger partial charge in [0.25, 0.3) is 0 Å². The SMILES string of the molecule is C#C.C=C/C=C(\C=C(/C)N1C/C=C(c2ccc3c(c2)N(c2ccccc2)c2ccccc2O3)\C=C/C(=C)/C(=C2\C=CCC=CC2(C)CCC)C1)CN=C(c1ccc(-c2ccccc2)cc1)c1ccccc1NC.CC. The van der Waals surface area contributed by atoms with Gasteiger partial charge in [-0.3, -0.25) is 4.99 Å². The number of nitrogens with zero attached hydrogens (tertiary/aromatic N) is 3. The largest absolute Gasteiger partial charge is 0.453 e. The molecule has 6 aromatic rings. The van der Waals surface area contributed by atoms with Gasteiger partial charge in [0.05, 0.1) is 23.6 Å². The summed E-state index contributed by atoms with van der Waals surface area (Å²) in [5, 5.41) is 3.41. The van der Waals surface area contributed by atoms with Gasteiger partial charge >= 0.3 is 0 Å². The van der Waals surface area contributed by atoms with Gasteiger partial charge in [0, 0.05) is 53.8 Å². The molecule has 9 rings (SSSR count). The van der Waals surface area contributed by atoms with Gasteiger partial charge < -0.3 is 19.9 Å². The van der Waals surface area contributed by atoms with Gasteiger partial charge in [-0.1, -0.05) is 211 Å². The number of aliphatic imine (C=N–C) groups is 1. The molecule has 1 aliphatic carbocycles. The molecular weight excluding hydrogens is 913 g/mol. The Balaban J connectivity index is 0.00000200. The van der Waals surface area contributed by atoms with Gasteiger partial charge in [-0.25, -0.2) is 0 Å². The van der Waals surface area contributed by atoms with Crippen molar-refractivity contribution in [3.63, 3.8) is 0 Å². The van der Waals surface area contributed by atoms with Gasteiger partial charge in [-0.15, -0.1) is 12.8 Å². The molecule has 0 aromatic heterocycles. The van der Waals surface area contributed by atoms with E-state index < -0.39 is 0 Å². The summed E-state index contributed by atoms with van der Waals surface area (Å²) in [6.45, 7) is 21.7. The molecule has 1 atom stereocenters. The Morgan fingerprint density at radius 2 is 1.44 bits per heavy atom. The average molecular weight is 985 g/mol. The Morgan fingerprint density at radius 3 is 2.17 bits per heavy atom. The summed E-state index contributed by atoms with van der Waals surface area (Å²) < 4.78 is 6.56. The van der Waals surface area contributed by atoms with Gasteiger partial charge in [0.2, 0.25) is 0 Å². The van der Waals surface area contributed by atoms with Gasteiger partial charge in [-0.2, -0.15) is 0 Å². The molecule has 378 valence electrons. The summed E-state index contributed by atoms with van der Waals surface area (Å²) in [5.74, 6) is 1.65. The van der Waals surface area contributed by atoms with Gasteiger partial charge in [0.1, 0.15) is 0 Å². The highest BCUT2D eigenvalue weighted by molar-refractivity contribution is 6.16. The fourth-order valence-corrected chi connectivity index (χ4v) is 10.0. The Labute approximate surface area is 448 Å². The lowest BCUT2D eigenvalue weighted by molar-refractivity contribution is 0.405. The minimum atomic E-state index is -0.140. The topological polar surface area (TPSA) is 40.1 Å². The van der Waals surface area contributed by atoms with Gasteiger partial charge in [0.15, 0.2) is 11.5 Å². The second-order valence-corrected chi connectivity index (χ2v) is 18.6. The zero-order valence-electron chi connectivity index (χ0n) is 44.8. The molecule has 0 fully saturated rings. The lowest BCUT2D eigenvalue weighted by Gasteiger charge is -2.33. The first-order valence-corrected chi connectivity index (χ1v) is 26.2. The molecule has 0 radical (unpaired) electrons. The first-order chi connectivity index (χ1) is 36.8. The number of benzene rings is 6. The summed E-state index contributed by atoms with van der Waals surface area (Å²) in [5.41, 5.74) is 17.3. The van der Waals surface area contributed by atoms with E-state index in [9.17, 15) is 0 Å². The second kappa shape index (κ2) is 26.4. The molecule has 0 spiro atoms. The maximum Gasteiger partial charge on any atom is 0.151 e. The Bertz CT molecular complexity index is 3210. The highest BCUT2D eigenvalue weighted by Gasteiger charge is 2.30. The van der Waals surface area contributed by atoms with Crippen LogP contribution in [0.1, 0.15) is 70.6 Å². The number of hydrogen-bond acceptors (Lipinski definition) is 5. The first kappa shape index (κ1) is 54.2. The van der Waals surface area contributed by atoms with Crippen LogP contribution in [0.25, 0.3) is 16.7 Å². The lowest BCUT2D eigenvalue weighted by Crippen LogP contribution is -2.28. The van der Waals surface area contributed by atoms with E-state index in [1.807, 2.05) is 39.1 Å². The number of allylic oxidation sites excluding steroid dienone is 11. The van der Waals surface area contributed by atoms with E-state index in [1.165, 1.54) is 22.3 Å². The molecule has 1 N–H and O–H groups in total. The molecule has 2 aliphatic heterocycles. The number of terminal acetylenes is 1. The third kappa shape index (κ3) is 12.8. The zero-order valence-corrected chi connectivity index (χ0v) is 44.8. The summed E-state index contributed by atoms with van der Waals surface area (Å²) in [4.78, 5) is 10.2.